The number of hydrogen-bond donors (Lipinski definition) is 1. The van der Waals surface area contributed by atoms with Gasteiger partial charge in [-0.15, -0.1) is 0 Å². The van der Waals surface area contributed by atoms with Crippen LogP contribution in [0.5, 0.6) is 0 Å². The Hall–Kier alpha value is -4.24. The normalized spacial score (nSPS) is 11.3. The lowest BCUT2D eigenvalue weighted by atomic mass is 10.1. The zero-order valence-electron chi connectivity index (χ0n) is 18.1. The molecule has 0 fully saturated rings. The third-order valence-electron chi connectivity index (χ3n) is 6.07. The maximum atomic E-state index is 12.7. The average Bonchev–Trinajstić information content (AvgIpc) is 3.28. The van der Waals surface area contributed by atoms with E-state index in [1.807, 2.05) is 72.8 Å². The Labute approximate surface area is 185 Å². The van der Waals surface area contributed by atoms with Crippen molar-refractivity contribution in [2.24, 2.45) is 0 Å². The van der Waals surface area contributed by atoms with Gasteiger partial charge in [0.15, 0.2) is 0 Å². The fraction of sp³-hybridized carbons (Fsp3) is 0.154. The molecular formula is C26H22N4O2. The van der Waals surface area contributed by atoms with Crippen molar-refractivity contribution in [2.75, 3.05) is 12.3 Å². The van der Waals surface area contributed by atoms with Crippen LogP contribution in [0.1, 0.15) is 34.1 Å². The highest BCUT2D eigenvalue weighted by molar-refractivity contribution is 6.06. The molecule has 5 rings (SSSR count). The largest absolute Gasteiger partial charge is 0.462 e. The Morgan fingerprint density at radius 3 is 2.53 bits per heavy atom. The lowest BCUT2D eigenvalue weighted by molar-refractivity contribution is 0.0525. The maximum Gasteiger partial charge on any atom is 0.339 e. The first-order valence-corrected chi connectivity index (χ1v) is 10.5. The molecule has 5 aromatic rings. The van der Waals surface area contributed by atoms with Gasteiger partial charge < -0.3 is 10.5 Å². The van der Waals surface area contributed by atoms with Crippen LogP contribution in [0.25, 0.3) is 33.3 Å². The summed E-state index contributed by atoms with van der Waals surface area (Å²) >= 11 is 0. The number of ether oxygens (including phenoxy) is 1. The van der Waals surface area contributed by atoms with Crippen molar-refractivity contribution < 1.29 is 9.53 Å². The molecule has 158 valence electrons. The van der Waals surface area contributed by atoms with Gasteiger partial charge in [0.2, 0.25) is 0 Å². The van der Waals surface area contributed by atoms with Gasteiger partial charge in [-0.05, 0) is 44.0 Å². The van der Waals surface area contributed by atoms with Gasteiger partial charge in [-0.1, -0.05) is 42.5 Å². The summed E-state index contributed by atoms with van der Waals surface area (Å²) in [4.78, 5) is 12.7. The van der Waals surface area contributed by atoms with Gasteiger partial charge in [0.25, 0.3) is 0 Å². The van der Waals surface area contributed by atoms with Gasteiger partial charge in [-0.3, -0.25) is 8.80 Å². The first-order chi connectivity index (χ1) is 15.5. The minimum Gasteiger partial charge on any atom is -0.462 e. The van der Waals surface area contributed by atoms with Crippen molar-refractivity contribution in [2.45, 2.75) is 20.8 Å². The summed E-state index contributed by atoms with van der Waals surface area (Å²) in [6, 6.07) is 20.0. The third-order valence-corrected chi connectivity index (χ3v) is 6.07. The molecule has 3 aromatic heterocycles. The number of aryl methyl sites for hydroxylation is 1. The van der Waals surface area contributed by atoms with Crippen molar-refractivity contribution >= 4 is 33.7 Å². The van der Waals surface area contributed by atoms with Crippen LogP contribution in [-0.2, 0) is 4.74 Å². The SMILES string of the molecule is CCOC(=O)c1cc2c3cccc(N)c3n3c(-c4ccccc4)c(C)c(C#N)c3n2c1C. The maximum absolute atomic E-state index is 12.7. The van der Waals surface area contributed by atoms with E-state index in [1.54, 1.807) is 6.92 Å². The molecule has 0 unspecified atom stereocenters. The first-order valence-electron chi connectivity index (χ1n) is 10.5. The Bertz CT molecular complexity index is 1580. The molecule has 0 bridgehead atoms. The molecule has 6 nitrogen and oxygen atoms in total. The number of esters is 1. The fourth-order valence-electron chi connectivity index (χ4n) is 4.69. The summed E-state index contributed by atoms with van der Waals surface area (Å²) in [5.41, 5.74) is 13.9. The summed E-state index contributed by atoms with van der Waals surface area (Å²) in [7, 11) is 0. The first kappa shape index (κ1) is 19.7. The number of nitriles is 1. The van der Waals surface area contributed by atoms with Gasteiger partial charge >= 0.3 is 5.97 Å². The number of fused-ring (bicyclic) bond motifs is 6. The third kappa shape index (κ3) is 2.55. The summed E-state index contributed by atoms with van der Waals surface area (Å²) in [5.74, 6) is -0.381. The fourth-order valence-corrected chi connectivity index (χ4v) is 4.69. The van der Waals surface area contributed by atoms with E-state index in [0.717, 1.165) is 38.9 Å². The summed E-state index contributed by atoms with van der Waals surface area (Å²) in [5, 5.41) is 11.1. The summed E-state index contributed by atoms with van der Waals surface area (Å²) < 4.78 is 9.33. The topological polar surface area (TPSA) is 84.9 Å². The minimum atomic E-state index is -0.381. The van der Waals surface area contributed by atoms with Crippen molar-refractivity contribution in [1.82, 2.24) is 8.80 Å². The van der Waals surface area contributed by atoms with E-state index >= 15 is 0 Å². The second-order valence-electron chi connectivity index (χ2n) is 7.81. The van der Waals surface area contributed by atoms with Gasteiger partial charge in [-0.25, -0.2) is 4.79 Å². The number of rotatable bonds is 3. The highest BCUT2D eigenvalue weighted by Gasteiger charge is 2.26. The van der Waals surface area contributed by atoms with Crippen molar-refractivity contribution in [3.05, 3.63) is 77.0 Å². The van der Waals surface area contributed by atoms with Crippen LogP contribution in [0, 0.1) is 25.2 Å². The van der Waals surface area contributed by atoms with Crippen LogP contribution in [0.4, 0.5) is 5.69 Å². The van der Waals surface area contributed by atoms with E-state index in [9.17, 15) is 10.1 Å². The van der Waals surface area contributed by atoms with Gasteiger partial charge in [0.05, 0.1) is 40.1 Å². The Kier molecular flexibility index (Phi) is 4.42. The zero-order valence-corrected chi connectivity index (χ0v) is 18.1. The molecular weight excluding hydrogens is 400 g/mol. The smallest absolute Gasteiger partial charge is 0.339 e. The van der Waals surface area contributed by atoms with E-state index in [4.69, 9.17) is 10.5 Å². The van der Waals surface area contributed by atoms with Gasteiger partial charge in [0, 0.05) is 11.1 Å². The number of nitrogens with zero attached hydrogens (tertiary/aromatic N) is 3. The highest BCUT2D eigenvalue weighted by atomic mass is 16.5. The monoisotopic (exact) mass is 422 g/mol. The van der Waals surface area contributed by atoms with Crippen LogP contribution in [-0.4, -0.2) is 21.4 Å². The molecule has 6 heteroatoms. The molecule has 32 heavy (non-hydrogen) atoms. The second kappa shape index (κ2) is 7.17. The van der Waals surface area contributed by atoms with Gasteiger partial charge in [-0.2, -0.15) is 5.26 Å². The Balaban J connectivity index is 2.10. The number of carbonyl (C=O) groups excluding carboxylic acids is 1. The van der Waals surface area contributed by atoms with Crippen LogP contribution in [0.3, 0.4) is 0 Å². The van der Waals surface area contributed by atoms with Crippen molar-refractivity contribution in [3.63, 3.8) is 0 Å². The van der Waals surface area contributed by atoms with E-state index < -0.39 is 0 Å². The molecule has 0 spiro atoms. The number of hydrogen-bond acceptors (Lipinski definition) is 4. The van der Waals surface area contributed by atoms with E-state index in [2.05, 4.69) is 10.5 Å². The Morgan fingerprint density at radius 1 is 1.09 bits per heavy atom. The molecule has 3 heterocycles. The van der Waals surface area contributed by atoms with Crippen LogP contribution in [0.2, 0.25) is 0 Å². The predicted octanol–water partition coefficient (Wildman–Crippen LogP) is 5.26. The van der Waals surface area contributed by atoms with Crippen LogP contribution >= 0.6 is 0 Å². The number of nitrogen functional groups attached to an aromatic ring is 1. The number of benzene rings is 2. The molecule has 0 aliphatic carbocycles. The molecule has 0 atom stereocenters. The molecule has 0 amide bonds. The van der Waals surface area contributed by atoms with E-state index in [0.29, 0.717) is 29.1 Å². The van der Waals surface area contributed by atoms with Crippen molar-refractivity contribution in [3.8, 4) is 17.3 Å². The molecule has 0 radical (unpaired) electrons. The molecule has 2 N–H and O–H groups in total. The number of anilines is 1. The quantitative estimate of drug-likeness (QED) is 0.317. The van der Waals surface area contributed by atoms with E-state index in [1.165, 1.54) is 0 Å². The lowest BCUT2D eigenvalue weighted by Gasteiger charge is -2.14. The standard InChI is InChI=1S/C26H22N4O2/c1-4-32-26(31)19-13-22-18-11-8-12-21(28)24(18)30-23(17-9-6-5-7-10-17)15(2)20(14-27)25(30)29(22)16(19)3/h5-13H,4,28H2,1-3H3. The van der Waals surface area contributed by atoms with E-state index in [-0.39, 0.29) is 5.97 Å². The molecule has 0 saturated heterocycles. The lowest BCUT2D eigenvalue weighted by Crippen LogP contribution is -2.06. The highest BCUT2D eigenvalue weighted by Crippen LogP contribution is 2.39. The molecule has 2 aromatic carbocycles. The molecule has 0 aliphatic heterocycles. The second-order valence-corrected chi connectivity index (χ2v) is 7.81. The average molecular weight is 422 g/mol. The molecule has 0 saturated carbocycles. The number of aromatic nitrogens is 2. The zero-order chi connectivity index (χ0) is 22.6. The Morgan fingerprint density at radius 2 is 1.84 bits per heavy atom. The minimum absolute atomic E-state index is 0.291. The van der Waals surface area contributed by atoms with Crippen molar-refractivity contribution in [1.29, 1.82) is 5.26 Å². The van der Waals surface area contributed by atoms with Crippen LogP contribution < -0.4 is 5.73 Å². The number of para-hydroxylation sites is 1. The summed E-state index contributed by atoms with van der Waals surface area (Å²) in [6.07, 6.45) is 0. The predicted molar refractivity (Wildman–Crippen MR) is 126 cm³/mol. The molecule has 0 aliphatic rings. The number of carbonyl (C=O) groups is 1. The van der Waals surface area contributed by atoms with Gasteiger partial charge in [0.1, 0.15) is 11.7 Å². The van der Waals surface area contributed by atoms with Crippen LogP contribution in [0.15, 0.2) is 54.6 Å². The summed E-state index contributed by atoms with van der Waals surface area (Å²) in [6.45, 7) is 5.91. The number of nitrogens with two attached hydrogens (primary N) is 1.